The van der Waals surface area contributed by atoms with E-state index >= 15 is 0 Å². The van der Waals surface area contributed by atoms with E-state index in [1.807, 2.05) is 6.07 Å². The number of ether oxygens (including phenoxy) is 1. The Morgan fingerprint density at radius 1 is 1.33 bits per heavy atom. The van der Waals surface area contributed by atoms with Gasteiger partial charge in [0.05, 0.1) is 24.4 Å². The highest BCUT2D eigenvalue weighted by molar-refractivity contribution is 5.95. The molecule has 4 aliphatic heterocycles. The average molecular weight is 285 g/mol. The van der Waals surface area contributed by atoms with Crippen LogP contribution in [0.2, 0.25) is 0 Å². The zero-order chi connectivity index (χ0) is 14.2. The topological polar surface area (TPSA) is 36.9 Å². The van der Waals surface area contributed by atoms with Crippen LogP contribution in [0.1, 0.15) is 37.8 Å². The Kier molecular flexibility index (Phi) is 3.34. The minimum Gasteiger partial charge on any atom is -0.494 e. The molecule has 0 aromatic heterocycles. The van der Waals surface area contributed by atoms with Gasteiger partial charge in [0.1, 0.15) is 5.75 Å². The highest BCUT2D eigenvalue weighted by Crippen LogP contribution is 2.39. The van der Waals surface area contributed by atoms with Crippen molar-refractivity contribution in [3.63, 3.8) is 0 Å². The lowest BCUT2D eigenvalue weighted by Crippen LogP contribution is -2.56. The number of benzene rings is 1. The third-order valence-electron chi connectivity index (χ3n) is 4.98. The number of piperidine rings is 3. The van der Waals surface area contributed by atoms with Crippen molar-refractivity contribution in [1.82, 2.24) is 10.3 Å². The number of nitrogens with one attached hydrogen (secondary N) is 1. The summed E-state index contributed by atoms with van der Waals surface area (Å²) in [4.78, 5) is 2.60. The summed E-state index contributed by atoms with van der Waals surface area (Å²) in [5, 5.41) is 4.67. The fourth-order valence-electron chi connectivity index (χ4n) is 3.93. The maximum Gasteiger partial charge on any atom is 0.119 e. The van der Waals surface area contributed by atoms with Gasteiger partial charge in [-0.1, -0.05) is 19.1 Å². The van der Waals surface area contributed by atoms with E-state index in [0.717, 1.165) is 18.8 Å². The van der Waals surface area contributed by atoms with Crippen molar-refractivity contribution in [3.8, 4) is 5.75 Å². The highest BCUT2D eigenvalue weighted by atomic mass is 16.5. The molecule has 3 saturated heterocycles. The zero-order valence-electron chi connectivity index (χ0n) is 12.6. The van der Waals surface area contributed by atoms with Crippen LogP contribution in [0.4, 0.5) is 0 Å². The second-order valence-electron chi connectivity index (χ2n) is 6.32. The third kappa shape index (κ3) is 2.22. The number of hydrogen-bond donors (Lipinski definition) is 1. The summed E-state index contributed by atoms with van der Waals surface area (Å²) in [5.74, 6) is 1.68. The quantitative estimate of drug-likeness (QED) is 0.924. The molecule has 4 aliphatic rings. The van der Waals surface area contributed by atoms with Crippen molar-refractivity contribution in [1.29, 1.82) is 0 Å². The molecule has 0 amide bonds. The standard InChI is InChI=1S/C17H23N3O/c1-2-10-21-14-5-3-4-13(11-14)16-17-15(18-19-16)12-6-8-20(17)9-7-12/h3-5,11-12,16-17,19H,2,6-10H2,1H3. The first kappa shape index (κ1) is 13.1. The summed E-state index contributed by atoms with van der Waals surface area (Å²) in [6.07, 6.45) is 3.60. The lowest BCUT2D eigenvalue weighted by atomic mass is 9.78. The number of hydrogen-bond acceptors (Lipinski definition) is 4. The summed E-state index contributed by atoms with van der Waals surface area (Å²) in [6, 6.07) is 9.25. The van der Waals surface area contributed by atoms with Crippen LogP contribution in [-0.2, 0) is 0 Å². The molecule has 21 heavy (non-hydrogen) atoms. The molecule has 2 atom stereocenters. The largest absolute Gasteiger partial charge is 0.494 e. The van der Waals surface area contributed by atoms with Crippen LogP contribution in [-0.4, -0.2) is 36.3 Å². The number of fused-ring (bicyclic) bond motifs is 2. The second-order valence-corrected chi connectivity index (χ2v) is 6.32. The van der Waals surface area contributed by atoms with Gasteiger partial charge in [-0.3, -0.25) is 4.90 Å². The van der Waals surface area contributed by atoms with Crippen LogP contribution < -0.4 is 10.2 Å². The Morgan fingerprint density at radius 2 is 2.19 bits per heavy atom. The Morgan fingerprint density at radius 3 is 3.00 bits per heavy atom. The first-order valence-electron chi connectivity index (χ1n) is 8.16. The van der Waals surface area contributed by atoms with Crippen LogP contribution in [0.3, 0.4) is 0 Å². The van der Waals surface area contributed by atoms with Gasteiger partial charge in [-0.05, 0) is 50.0 Å². The number of hydrazone groups is 1. The van der Waals surface area contributed by atoms with Crippen LogP contribution in [0.25, 0.3) is 0 Å². The van der Waals surface area contributed by atoms with Gasteiger partial charge in [0.25, 0.3) is 0 Å². The molecule has 0 spiro atoms. The molecule has 4 heterocycles. The van der Waals surface area contributed by atoms with E-state index < -0.39 is 0 Å². The molecule has 4 nitrogen and oxygen atoms in total. The Bertz CT molecular complexity index is 549. The molecule has 1 aromatic carbocycles. The normalized spacial score (nSPS) is 33.3. The van der Waals surface area contributed by atoms with Gasteiger partial charge in [0.15, 0.2) is 0 Å². The van der Waals surface area contributed by atoms with Crippen LogP contribution >= 0.6 is 0 Å². The summed E-state index contributed by atoms with van der Waals surface area (Å²) in [7, 11) is 0. The Labute approximate surface area is 126 Å². The molecule has 4 heteroatoms. The van der Waals surface area contributed by atoms with E-state index in [-0.39, 0.29) is 6.04 Å². The monoisotopic (exact) mass is 285 g/mol. The molecule has 2 bridgehead atoms. The maximum atomic E-state index is 5.77. The fraction of sp³-hybridized carbons (Fsp3) is 0.588. The van der Waals surface area contributed by atoms with Crippen LogP contribution in [0, 0.1) is 5.92 Å². The van der Waals surface area contributed by atoms with E-state index in [2.05, 4.69) is 40.5 Å². The fourth-order valence-corrected chi connectivity index (χ4v) is 3.93. The lowest BCUT2D eigenvalue weighted by molar-refractivity contribution is 0.133. The van der Waals surface area contributed by atoms with Crippen molar-refractivity contribution in [3.05, 3.63) is 29.8 Å². The van der Waals surface area contributed by atoms with E-state index in [0.29, 0.717) is 12.0 Å². The van der Waals surface area contributed by atoms with Gasteiger partial charge in [-0.25, -0.2) is 0 Å². The maximum absolute atomic E-state index is 5.77. The zero-order valence-corrected chi connectivity index (χ0v) is 12.6. The second kappa shape index (κ2) is 5.34. The first-order chi connectivity index (χ1) is 10.4. The summed E-state index contributed by atoms with van der Waals surface area (Å²) < 4.78 is 5.77. The lowest BCUT2D eigenvalue weighted by Gasteiger charge is -2.45. The Hall–Kier alpha value is -1.55. The van der Waals surface area contributed by atoms with E-state index in [4.69, 9.17) is 4.74 Å². The van der Waals surface area contributed by atoms with Crippen LogP contribution in [0.5, 0.6) is 5.75 Å². The molecule has 3 fully saturated rings. The molecule has 0 aliphatic carbocycles. The predicted octanol–water partition coefficient (Wildman–Crippen LogP) is 2.57. The van der Waals surface area contributed by atoms with Gasteiger partial charge >= 0.3 is 0 Å². The van der Waals surface area contributed by atoms with Crippen LogP contribution in [0.15, 0.2) is 29.4 Å². The minimum atomic E-state index is 0.285. The smallest absolute Gasteiger partial charge is 0.119 e. The molecule has 2 unspecified atom stereocenters. The van der Waals surface area contributed by atoms with E-state index in [1.54, 1.807) is 0 Å². The van der Waals surface area contributed by atoms with Crippen molar-refractivity contribution in [2.75, 3.05) is 19.7 Å². The van der Waals surface area contributed by atoms with E-state index in [1.165, 1.54) is 37.2 Å². The van der Waals surface area contributed by atoms with Crippen molar-refractivity contribution >= 4 is 5.71 Å². The van der Waals surface area contributed by atoms with Gasteiger partial charge in [0.2, 0.25) is 0 Å². The highest BCUT2D eigenvalue weighted by Gasteiger charge is 2.46. The number of rotatable bonds is 4. The molecular weight excluding hydrogens is 262 g/mol. The van der Waals surface area contributed by atoms with Crippen molar-refractivity contribution in [2.24, 2.45) is 11.0 Å². The Balaban J connectivity index is 1.57. The predicted molar refractivity (Wildman–Crippen MR) is 83.6 cm³/mol. The summed E-state index contributed by atoms with van der Waals surface area (Å²) >= 11 is 0. The summed E-state index contributed by atoms with van der Waals surface area (Å²) in [6.45, 7) is 5.35. The van der Waals surface area contributed by atoms with Gasteiger partial charge < -0.3 is 10.2 Å². The molecule has 0 radical (unpaired) electrons. The van der Waals surface area contributed by atoms with Crippen molar-refractivity contribution < 1.29 is 4.74 Å². The first-order valence-corrected chi connectivity index (χ1v) is 8.16. The molecular formula is C17H23N3O. The van der Waals surface area contributed by atoms with E-state index in [9.17, 15) is 0 Å². The minimum absolute atomic E-state index is 0.285. The molecule has 0 saturated carbocycles. The molecule has 112 valence electrons. The molecule has 5 rings (SSSR count). The SMILES string of the molecule is CCCOc1cccc(C2NN=C3C4CCN(CC4)C32)c1. The van der Waals surface area contributed by atoms with Gasteiger partial charge in [-0.2, -0.15) is 5.10 Å². The molecule has 1 N–H and O–H groups in total. The summed E-state index contributed by atoms with van der Waals surface area (Å²) in [5.41, 5.74) is 6.07. The number of nitrogens with zero attached hydrogens (tertiary/aromatic N) is 2. The third-order valence-corrected chi connectivity index (χ3v) is 4.98. The van der Waals surface area contributed by atoms with Gasteiger partial charge in [0, 0.05) is 5.92 Å². The van der Waals surface area contributed by atoms with Gasteiger partial charge in [-0.15, -0.1) is 0 Å². The molecule has 1 aromatic rings. The van der Waals surface area contributed by atoms with Crippen molar-refractivity contribution in [2.45, 2.75) is 38.3 Å². The average Bonchev–Trinajstić information content (AvgIpc) is 3.01.